The topological polar surface area (TPSA) is 60.0 Å². The first kappa shape index (κ1) is 23.5. The second-order valence-corrected chi connectivity index (χ2v) is 10.8. The highest BCUT2D eigenvalue weighted by Crippen LogP contribution is 2.59. The molecular weight excluding hydrogens is 452 g/mol. The maximum absolute atomic E-state index is 13.4. The van der Waals surface area contributed by atoms with Gasteiger partial charge < -0.3 is 24.4 Å². The largest absolute Gasteiger partial charge is 0.490 e. The van der Waals surface area contributed by atoms with Crippen molar-refractivity contribution in [3.8, 4) is 11.5 Å². The number of ether oxygens (including phenoxy) is 3. The quantitative estimate of drug-likeness (QED) is 0.499. The van der Waals surface area contributed by atoms with Crippen LogP contribution in [-0.2, 0) is 23.2 Å². The Bertz CT molecular complexity index is 1100. The van der Waals surface area contributed by atoms with Crippen molar-refractivity contribution in [2.45, 2.75) is 76.4 Å². The summed E-state index contributed by atoms with van der Waals surface area (Å²) in [6.45, 7) is 5.41. The van der Waals surface area contributed by atoms with Gasteiger partial charge in [-0.3, -0.25) is 0 Å². The molecule has 2 aliphatic heterocycles. The molecule has 2 aromatic carbocycles. The van der Waals surface area contributed by atoms with Gasteiger partial charge in [-0.05, 0) is 60.8 Å². The van der Waals surface area contributed by atoms with E-state index in [1.54, 1.807) is 0 Å². The minimum absolute atomic E-state index is 0.101. The number of hydrogen-bond donors (Lipinski definition) is 1. The van der Waals surface area contributed by atoms with Crippen molar-refractivity contribution in [1.29, 1.82) is 0 Å². The van der Waals surface area contributed by atoms with Crippen LogP contribution in [0, 0.1) is 5.92 Å². The van der Waals surface area contributed by atoms with E-state index in [0.29, 0.717) is 25.7 Å². The maximum atomic E-state index is 13.4. The van der Waals surface area contributed by atoms with E-state index in [1.807, 2.05) is 35.2 Å². The molecule has 1 saturated carbocycles. The molecule has 192 valence electrons. The minimum Gasteiger partial charge on any atom is -0.490 e. The monoisotopic (exact) mass is 490 g/mol. The number of unbranched alkanes of at least 4 members (excludes halogenated alkanes) is 1. The molecule has 0 radical (unpaired) electrons. The molecule has 2 bridgehead atoms. The number of carbonyl (C=O) groups is 1. The summed E-state index contributed by atoms with van der Waals surface area (Å²) in [6, 6.07) is 12.4. The Labute approximate surface area is 214 Å². The fraction of sp³-hybridized carbons (Fsp3) is 0.567. The van der Waals surface area contributed by atoms with E-state index in [9.17, 15) is 4.79 Å². The van der Waals surface area contributed by atoms with Crippen LogP contribution in [0.25, 0.3) is 0 Å². The second kappa shape index (κ2) is 9.87. The first-order valence-corrected chi connectivity index (χ1v) is 13.9. The third-order valence-corrected chi connectivity index (χ3v) is 8.91. The summed E-state index contributed by atoms with van der Waals surface area (Å²) >= 11 is 0. The van der Waals surface area contributed by atoms with Gasteiger partial charge in [-0.25, -0.2) is 4.79 Å². The third-order valence-electron chi connectivity index (χ3n) is 8.91. The van der Waals surface area contributed by atoms with Crippen molar-refractivity contribution >= 4 is 11.8 Å². The van der Waals surface area contributed by atoms with Gasteiger partial charge in [0.2, 0.25) is 0 Å². The molecule has 1 N–H and O–H groups in total. The number of benzene rings is 2. The van der Waals surface area contributed by atoms with Crippen LogP contribution in [0.3, 0.4) is 0 Å². The number of piperidine rings is 1. The Morgan fingerprint density at radius 3 is 2.97 bits per heavy atom. The van der Waals surface area contributed by atoms with Gasteiger partial charge in [0.05, 0.1) is 12.3 Å². The molecule has 6 nitrogen and oxygen atoms in total. The molecule has 0 unspecified atom stereocenters. The van der Waals surface area contributed by atoms with Crippen LogP contribution in [0.5, 0.6) is 11.5 Å². The van der Waals surface area contributed by atoms with E-state index >= 15 is 0 Å². The first-order valence-electron chi connectivity index (χ1n) is 13.9. The lowest BCUT2D eigenvalue weighted by Crippen LogP contribution is -2.62. The van der Waals surface area contributed by atoms with Crippen LogP contribution >= 0.6 is 0 Å². The van der Waals surface area contributed by atoms with Crippen LogP contribution in [0.15, 0.2) is 36.4 Å². The predicted molar refractivity (Wildman–Crippen MR) is 140 cm³/mol. The van der Waals surface area contributed by atoms with Crippen molar-refractivity contribution in [2.24, 2.45) is 5.92 Å². The fourth-order valence-corrected chi connectivity index (χ4v) is 7.23. The van der Waals surface area contributed by atoms with Gasteiger partial charge in [0, 0.05) is 24.5 Å². The number of rotatable bonds is 6. The molecule has 2 heterocycles. The smallest absolute Gasteiger partial charge is 0.410 e. The summed E-state index contributed by atoms with van der Waals surface area (Å²) in [4.78, 5) is 15.4. The summed E-state index contributed by atoms with van der Waals surface area (Å²) in [5, 5.41) is 3.65. The van der Waals surface area contributed by atoms with Crippen molar-refractivity contribution in [2.75, 3.05) is 31.6 Å². The van der Waals surface area contributed by atoms with Crippen molar-refractivity contribution < 1.29 is 19.0 Å². The molecular formula is C30H38N2O4. The van der Waals surface area contributed by atoms with Gasteiger partial charge in [0.1, 0.15) is 13.2 Å². The van der Waals surface area contributed by atoms with Crippen molar-refractivity contribution in [3.05, 3.63) is 53.1 Å². The molecule has 1 saturated heterocycles. The van der Waals surface area contributed by atoms with Crippen LogP contribution < -0.4 is 14.8 Å². The first-order chi connectivity index (χ1) is 17.7. The normalized spacial score (nSPS) is 26.0. The average Bonchev–Trinajstić information content (AvgIpc) is 2.93. The van der Waals surface area contributed by atoms with E-state index < -0.39 is 0 Å². The van der Waals surface area contributed by atoms with Crippen molar-refractivity contribution in [1.82, 2.24) is 4.90 Å². The standard InChI is InChI=1S/C30H38N2O4/c1-2-3-16-34-26-19-24-22(27-28(26)35-17-14-31-27)18-25-23-11-7-8-12-30(23,24)13-15-32(25)29(33)36-20-21-9-5-4-6-10-21/h4-6,9-10,19,23,25,31H,2-3,7-8,11-18,20H2,1H3/t23-,25+,30+/m1/s1. The van der Waals surface area contributed by atoms with E-state index in [0.717, 1.165) is 61.5 Å². The van der Waals surface area contributed by atoms with Gasteiger partial charge in [-0.15, -0.1) is 0 Å². The molecule has 2 fully saturated rings. The third kappa shape index (κ3) is 3.99. The highest BCUT2D eigenvalue weighted by Gasteiger charge is 2.56. The van der Waals surface area contributed by atoms with Gasteiger partial charge in [0.25, 0.3) is 0 Å². The number of hydrogen-bond acceptors (Lipinski definition) is 5. The van der Waals surface area contributed by atoms with E-state index in [2.05, 4.69) is 18.3 Å². The minimum atomic E-state index is -0.177. The summed E-state index contributed by atoms with van der Waals surface area (Å²) in [6.07, 6.45) is 8.62. The van der Waals surface area contributed by atoms with E-state index in [1.165, 1.54) is 36.8 Å². The predicted octanol–water partition coefficient (Wildman–Crippen LogP) is 6.07. The number of anilines is 1. The zero-order valence-corrected chi connectivity index (χ0v) is 21.4. The van der Waals surface area contributed by atoms with Gasteiger partial charge in [0.15, 0.2) is 11.5 Å². The number of fused-ring (bicyclic) bond motifs is 3. The Morgan fingerprint density at radius 1 is 1.22 bits per heavy atom. The van der Waals surface area contributed by atoms with Crippen LogP contribution in [-0.4, -0.2) is 43.3 Å². The lowest BCUT2D eigenvalue weighted by molar-refractivity contribution is -0.0137. The lowest BCUT2D eigenvalue weighted by Gasteiger charge is -2.59. The van der Waals surface area contributed by atoms with E-state index in [4.69, 9.17) is 14.2 Å². The summed E-state index contributed by atoms with van der Waals surface area (Å²) in [5.74, 6) is 2.21. The van der Waals surface area contributed by atoms with Gasteiger partial charge in [-0.2, -0.15) is 0 Å². The molecule has 3 atom stereocenters. The summed E-state index contributed by atoms with van der Waals surface area (Å²) in [7, 11) is 0. The molecule has 0 aromatic heterocycles. The molecule has 2 aliphatic carbocycles. The van der Waals surface area contributed by atoms with Crippen LogP contribution in [0.1, 0.15) is 68.6 Å². The summed E-state index contributed by atoms with van der Waals surface area (Å²) < 4.78 is 18.3. The van der Waals surface area contributed by atoms with Crippen LogP contribution in [0.4, 0.5) is 10.5 Å². The Morgan fingerprint density at radius 2 is 2.11 bits per heavy atom. The number of likely N-dealkylation sites (tertiary alicyclic amines) is 1. The highest BCUT2D eigenvalue weighted by molar-refractivity contribution is 5.74. The molecule has 4 aliphatic rings. The molecule has 1 amide bonds. The maximum Gasteiger partial charge on any atom is 0.410 e. The molecule has 6 heteroatoms. The number of carbonyl (C=O) groups excluding carboxylic acids is 1. The Hall–Kier alpha value is -2.89. The number of nitrogens with one attached hydrogen (secondary N) is 1. The highest BCUT2D eigenvalue weighted by atomic mass is 16.6. The number of amides is 1. The Kier molecular flexibility index (Phi) is 6.44. The Balaban J connectivity index is 1.34. The molecule has 0 spiro atoms. The summed E-state index contributed by atoms with van der Waals surface area (Å²) in [5.41, 5.74) is 5.00. The lowest BCUT2D eigenvalue weighted by atomic mass is 9.52. The SMILES string of the molecule is CCCCOc1cc2c(c3c1OCCN3)C[C@H]1[C@H]3CCCC[C@@]23CCN1C(=O)OCc1ccccc1. The molecule has 36 heavy (non-hydrogen) atoms. The van der Waals surface area contributed by atoms with Gasteiger partial charge in [-0.1, -0.05) is 56.5 Å². The average molecular weight is 491 g/mol. The van der Waals surface area contributed by atoms with Crippen LogP contribution in [0.2, 0.25) is 0 Å². The second-order valence-electron chi connectivity index (χ2n) is 10.8. The zero-order chi connectivity index (χ0) is 24.5. The molecule has 2 aromatic rings. The number of nitrogens with zero attached hydrogens (tertiary/aromatic N) is 1. The van der Waals surface area contributed by atoms with Crippen molar-refractivity contribution in [3.63, 3.8) is 0 Å². The fourth-order valence-electron chi connectivity index (χ4n) is 7.23. The van der Waals surface area contributed by atoms with E-state index in [-0.39, 0.29) is 17.6 Å². The zero-order valence-electron chi connectivity index (χ0n) is 21.4. The van der Waals surface area contributed by atoms with Gasteiger partial charge >= 0.3 is 6.09 Å². The molecule has 6 rings (SSSR count).